The highest BCUT2D eigenvalue weighted by atomic mass is 19.1. The predicted molar refractivity (Wildman–Crippen MR) is 54.4 cm³/mol. The molecule has 0 N–H and O–H groups in total. The van der Waals surface area contributed by atoms with Crippen molar-refractivity contribution < 1.29 is 8.81 Å². The molecule has 0 atom stereocenters. The van der Waals surface area contributed by atoms with Crippen molar-refractivity contribution >= 4 is 0 Å². The number of rotatable bonds is 2. The van der Waals surface area contributed by atoms with E-state index >= 15 is 0 Å². The van der Waals surface area contributed by atoms with Crippen LogP contribution in [0.2, 0.25) is 0 Å². The Hall–Kier alpha value is -2.08. The molecule has 0 unspecified atom stereocenters. The number of furan rings is 1. The molecule has 0 spiro atoms. The molecule has 74 valence electrons. The summed E-state index contributed by atoms with van der Waals surface area (Å²) >= 11 is 0. The van der Waals surface area contributed by atoms with Crippen LogP contribution in [0.5, 0.6) is 0 Å². The Bertz CT molecular complexity index is 493. The fourth-order valence-electron chi connectivity index (χ4n) is 1.31. The van der Waals surface area contributed by atoms with Gasteiger partial charge in [0.1, 0.15) is 11.6 Å². The van der Waals surface area contributed by atoms with E-state index in [-0.39, 0.29) is 12.4 Å². The van der Waals surface area contributed by atoms with E-state index in [9.17, 15) is 4.39 Å². The van der Waals surface area contributed by atoms with E-state index in [0.717, 1.165) is 5.56 Å². The van der Waals surface area contributed by atoms with Crippen molar-refractivity contribution in [2.45, 2.75) is 6.54 Å². The second kappa shape index (κ2) is 3.97. The zero-order chi connectivity index (χ0) is 10.7. The summed E-state index contributed by atoms with van der Waals surface area (Å²) < 4.78 is 18.1. The zero-order valence-corrected chi connectivity index (χ0v) is 7.90. The Kier molecular flexibility index (Phi) is 2.51. The van der Waals surface area contributed by atoms with Crippen LogP contribution in [-0.2, 0) is 6.54 Å². The second-order valence-electron chi connectivity index (χ2n) is 3.09. The van der Waals surface area contributed by atoms with Crippen molar-refractivity contribution in [2.75, 3.05) is 0 Å². The second-order valence-corrected chi connectivity index (χ2v) is 3.09. The van der Waals surface area contributed by atoms with E-state index in [1.54, 1.807) is 24.3 Å². The van der Waals surface area contributed by atoms with Gasteiger partial charge in [-0.2, -0.15) is 0 Å². The standard InChI is InChI=1S/C12H8FNO/c1-14-8-11-6-7-12(15-11)9-2-4-10(13)5-3-9/h2-7H,8H2. The monoisotopic (exact) mass is 201 g/mol. The third kappa shape index (κ3) is 2.05. The first-order valence-electron chi connectivity index (χ1n) is 4.47. The number of benzene rings is 1. The van der Waals surface area contributed by atoms with Gasteiger partial charge in [-0.3, -0.25) is 0 Å². The molecule has 1 aromatic heterocycles. The first-order chi connectivity index (χ1) is 7.29. The largest absolute Gasteiger partial charge is 0.453 e. The first kappa shape index (κ1) is 9.47. The topological polar surface area (TPSA) is 17.5 Å². The quantitative estimate of drug-likeness (QED) is 0.680. The van der Waals surface area contributed by atoms with E-state index in [2.05, 4.69) is 4.85 Å². The van der Waals surface area contributed by atoms with Gasteiger partial charge < -0.3 is 9.26 Å². The highest BCUT2D eigenvalue weighted by Gasteiger charge is 2.05. The molecular formula is C12H8FNO. The molecular weight excluding hydrogens is 193 g/mol. The number of halogens is 1. The normalized spacial score (nSPS) is 9.87. The Balaban J connectivity index is 2.30. The Morgan fingerprint density at radius 3 is 2.53 bits per heavy atom. The van der Waals surface area contributed by atoms with Gasteiger partial charge in [-0.25, -0.2) is 11.0 Å². The van der Waals surface area contributed by atoms with E-state index in [4.69, 9.17) is 11.0 Å². The van der Waals surface area contributed by atoms with Gasteiger partial charge in [0.2, 0.25) is 0 Å². The van der Waals surface area contributed by atoms with Gasteiger partial charge in [0, 0.05) is 5.56 Å². The number of hydrogen-bond donors (Lipinski definition) is 0. The molecule has 0 amide bonds. The van der Waals surface area contributed by atoms with Gasteiger partial charge in [-0.05, 0) is 36.4 Å². The van der Waals surface area contributed by atoms with Crippen LogP contribution in [0.15, 0.2) is 40.8 Å². The van der Waals surface area contributed by atoms with Crippen LogP contribution in [0.4, 0.5) is 4.39 Å². The van der Waals surface area contributed by atoms with Gasteiger partial charge in [0.25, 0.3) is 6.54 Å². The molecule has 0 aliphatic heterocycles. The highest BCUT2D eigenvalue weighted by molar-refractivity contribution is 5.57. The molecule has 0 fully saturated rings. The van der Waals surface area contributed by atoms with E-state index < -0.39 is 0 Å². The van der Waals surface area contributed by atoms with Crippen LogP contribution in [0.25, 0.3) is 16.2 Å². The van der Waals surface area contributed by atoms with Crippen molar-refractivity contribution in [2.24, 2.45) is 0 Å². The van der Waals surface area contributed by atoms with Crippen LogP contribution in [0.1, 0.15) is 5.76 Å². The van der Waals surface area contributed by atoms with Gasteiger partial charge in [0.05, 0.1) is 0 Å². The Morgan fingerprint density at radius 2 is 1.87 bits per heavy atom. The van der Waals surface area contributed by atoms with Crippen LogP contribution >= 0.6 is 0 Å². The summed E-state index contributed by atoms with van der Waals surface area (Å²) in [5.74, 6) is 1.02. The average molecular weight is 201 g/mol. The van der Waals surface area contributed by atoms with E-state index in [1.165, 1.54) is 12.1 Å². The molecule has 0 radical (unpaired) electrons. The maximum atomic E-state index is 12.7. The van der Waals surface area contributed by atoms with E-state index in [1.807, 2.05) is 0 Å². The van der Waals surface area contributed by atoms with Gasteiger partial charge >= 0.3 is 0 Å². The SMILES string of the molecule is [C-]#[N+]Cc1ccc(-c2ccc(F)cc2)o1. The molecule has 2 rings (SSSR count). The number of nitrogens with zero attached hydrogens (tertiary/aromatic N) is 1. The maximum Gasteiger partial charge on any atom is 0.271 e. The van der Waals surface area contributed by atoms with Crippen LogP contribution in [0.3, 0.4) is 0 Å². The minimum Gasteiger partial charge on any atom is -0.453 e. The summed E-state index contributed by atoms with van der Waals surface area (Å²) in [4.78, 5) is 3.22. The molecule has 0 saturated carbocycles. The summed E-state index contributed by atoms with van der Waals surface area (Å²) in [6.07, 6.45) is 0. The fourth-order valence-corrected chi connectivity index (χ4v) is 1.31. The lowest BCUT2D eigenvalue weighted by Crippen LogP contribution is -1.75. The fraction of sp³-hybridized carbons (Fsp3) is 0.0833. The third-order valence-corrected chi connectivity index (χ3v) is 2.03. The van der Waals surface area contributed by atoms with Crippen molar-refractivity contribution in [1.29, 1.82) is 0 Å². The maximum absolute atomic E-state index is 12.7. The minimum absolute atomic E-state index is 0.237. The van der Waals surface area contributed by atoms with Crippen molar-refractivity contribution in [3.05, 3.63) is 59.4 Å². The summed E-state index contributed by atoms with van der Waals surface area (Å²) in [5, 5.41) is 0. The predicted octanol–water partition coefficient (Wildman–Crippen LogP) is 3.50. The van der Waals surface area contributed by atoms with Crippen molar-refractivity contribution in [1.82, 2.24) is 0 Å². The molecule has 2 aromatic rings. The van der Waals surface area contributed by atoms with Crippen LogP contribution < -0.4 is 0 Å². The average Bonchev–Trinajstić information content (AvgIpc) is 2.68. The molecule has 3 heteroatoms. The lowest BCUT2D eigenvalue weighted by Gasteiger charge is -1.95. The molecule has 1 heterocycles. The van der Waals surface area contributed by atoms with Crippen LogP contribution in [0, 0.1) is 12.4 Å². The highest BCUT2D eigenvalue weighted by Crippen LogP contribution is 2.22. The Labute approximate surface area is 86.8 Å². The molecule has 2 nitrogen and oxygen atoms in total. The first-order valence-corrected chi connectivity index (χ1v) is 4.47. The van der Waals surface area contributed by atoms with Gasteiger partial charge in [0.15, 0.2) is 5.76 Å². The smallest absolute Gasteiger partial charge is 0.271 e. The lowest BCUT2D eigenvalue weighted by molar-refractivity contribution is 0.536. The van der Waals surface area contributed by atoms with Crippen molar-refractivity contribution in [3.8, 4) is 11.3 Å². The summed E-state index contributed by atoms with van der Waals surface area (Å²) in [5.41, 5.74) is 0.813. The molecule has 15 heavy (non-hydrogen) atoms. The summed E-state index contributed by atoms with van der Waals surface area (Å²) in [7, 11) is 0. The Morgan fingerprint density at radius 1 is 1.13 bits per heavy atom. The minimum atomic E-state index is -0.272. The third-order valence-electron chi connectivity index (χ3n) is 2.03. The molecule has 1 aromatic carbocycles. The van der Waals surface area contributed by atoms with Crippen LogP contribution in [-0.4, -0.2) is 0 Å². The number of hydrogen-bond acceptors (Lipinski definition) is 1. The molecule has 0 aliphatic carbocycles. The van der Waals surface area contributed by atoms with Gasteiger partial charge in [-0.1, -0.05) is 0 Å². The van der Waals surface area contributed by atoms with Gasteiger partial charge in [-0.15, -0.1) is 0 Å². The summed E-state index contributed by atoms with van der Waals surface area (Å²) in [6, 6.07) is 9.61. The molecule has 0 bridgehead atoms. The zero-order valence-electron chi connectivity index (χ0n) is 7.90. The van der Waals surface area contributed by atoms with Crippen molar-refractivity contribution in [3.63, 3.8) is 0 Å². The summed E-state index contributed by atoms with van der Waals surface area (Å²) in [6.45, 7) is 6.93. The molecule has 0 aliphatic rings. The molecule has 0 saturated heterocycles. The lowest BCUT2D eigenvalue weighted by atomic mass is 10.2. The van der Waals surface area contributed by atoms with E-state index in [0.29, 0.717) is 11.5 Å².